The molecule has 1 N–H and O–H groups in total. The lowest BCUT2D eigenvalue weighted by molar-refractivity contribution is 0.566. The molecule has 0 unspecified atom stereocenters. The smallest absolute Gasteiger partial charge is 0.277 e. The van der Waals surface area contributed by atoms with Gasteiger partial charge in [-0.3, -0.25) is 4.79 Å². The van der Waals surface area contributed by atoms with Gasteiger partial charge in [-0.15, -0.1) is 5.10 Å². The summed E-state index contributed by atoms with van der Waals surface area (Å²) in [7, 11) is 0. The van der Waals surface area contributed by atoms with Gasteiger partial charge >= 0.3 is 0 Å². The molecule has 0 aliphatic heterocycles. The van der Waals surface area contributed by atoms with Crippen molar-refractivity contribution in [3.05, 3.63) is 63.4 Å². The fourth-order valence-corrected chi connectivity index (χ4v) is 2.50. The third-order valence-corrected chi connectivity index (χ3v) is 3.83. The van der Waals surface area contributed by atoms with Crippen LogP contribution in [0.3, 0.4) is 0 Å². The highest BCUT2D eigenvalue weighted by molar-refractivity contribution is 9.10. The molecule has 0 amide bonds. The van der Waals surface area contributed by atoms with E-state index in [1.807, 2.05) is 36.4 Å². The quantitative estimate of drug-likeness (QED) is 0.790. The van der Waals surface area contributed by atoms with Gasteiger partial charge < -0.3 is 5.32 Å². The van der Waals surface area contributed by atoms with Crippen LogP contribution in [0.4, 0.5) is 5.69 Å². The number of nitrogens with one attached hydrogen (secondary N) is 1. The van der Waals surface area contributed by atoms with Gasteiger partial charge in [-0.2, -0.15) is 0 Å². The van der Waals surface area contributed by atoms with Crippen molar-refractivity contribution in [2.45, 2.75) is 6.54 Å². The van der Waals surface area contributed by atoms with Crippen molar-refractivity contribution in [2.24, 2.45) is 0 Å². The number of hydrogen-bond donors (Lipinski definition) is 1. The standard InChI is InChI=1S/C15H13BrN4O/c16-12-6-2-4-8-14(12)17-9-10-20-15(21)11-5-1-3-7-13(11)18-19-20/h1-8,17H,9-10H2. The second-order valence-corrected chi connectivity index (χ2v) is 5.40. The largest absolute Gasteiger partial charge is 0.382 e. The molecule has 1 heterocycles. The van der Waals surface area contributed by atoms with Crippen molar-refractivity contribution < 1.29 is 0 Å². The number of para-hydroxylation sites is 1. The predicted octanol–water partition coefficient (Wildman–Crippen LogP) is 2.67. The minimum absolute atomic E-state index is 0.116. The van der Waals surface area contributed by atoms with E-state index >= 15 is 0 Å². The predicted molar refractivity (Wildman–Crippen MR) is 86.4 cm³/mol. The lowest BCUT2D eigenvalue weighted by Gasteiger charge is -2.09. The van der Waals surface area contributed by atoms with Gasteiger partial charge in [0.2, 0.25) is 0 Å². The van der Waals surface area contributed by atoms with Gasteiger partial charge in [0.1, 0.15) is 5.52 Å². The van der Waals surface area contributed by atoms with Crippen LogP contribution in [0.25, 0.3) is 10.9 Å². The molecular weight excluding hydrogens is 332 g/mol. The van der Waals surface area contributed by atoms with Gasteiger partial charge in [0.05, 0.1) is 11.9 Å². The van der Waals surface area contributed by atoms with E-state index in [1.54, 1.807) is 12.1 Å². The van der Waals surface area contributed by atoms with E-state index in [1.165, 1.54) is 4.68 Å². The summed E-state index contributed by atoms with van der Waals surface area (Å²) in [6.07, 6.45) is 0. The zero-order chi connectivity index (χ0) is 14.7. The molecule has 0 atom stereocenters. The Kier molecular flexibility index (Phi) is 3.96. The summed E-state index contributed by atoms with van der Waals surface area (Å²) < 4.78 is 2.37. The second-order valence-electron chi connectivity index (χ2n) is 4.54. The zero-order valence-electron chi connectivity index (χ0n) is 11.2. The zero-order valence-corrected chi connectivity index (χ0v) is 12.7. The second kappa shape index (κ2) is 6.05. The molecule has 2 aromatic carbocycles. The van der Waals surface area contributed by atoms with Gasteiger partial charge in [0.25, 0.3) is 5.56 Å². The topological polar surface area (TPSA) is 59.8 Å². The van der Waals surface area contributed by atoms with E-state index in [2.05, 4.69) is 31.6 Å². The summed E-state index contributed by atoms with van der Waals surface area (Å²) in [5, 5.41) is 11.9. The van der Waals surface area contributed by atoms with Crippen LogP contribution >= 0.6 is 15.9 Å². The first-order valence-electron chi connectivity index (χ1n) is 6.56. The number of rotatable bonds is 4. The molecule has 0 saturated carbocycles. The molecule has 0 bridgehead atoms. The molecule has 0 radical (unpaired) electrons. The van der Waals surface area contributed by atoms with Crippen LogP contribution in [-0.4, -0.2) is 21.5 Å². The van der Waals surface area contributed by atoms with Crippen LogP contribution in [0.15, 0.2) is 57.8 Å². The molecular formula is C15H13BrN4O. The number of fused-ring (bicyclic) bond motifs is 1. The van der Waals surface area contributed by atoms with Crippen molar-refractivity contribution in [3.8, 4) is 0 Å². The summed E-state index contributed by atoms with van der Waals surface area (Å²) in [6, 6.07) is 15.1. The first-order valence-corrected chi connectivity index (χ1v) is 7.36. The normalized spacial score (nSPS) is 10.7. The molecule has 6 heteroatoms. The van der Waals surface area contributed by atoms with E-state index in [9.17, 15) is 4.79 Å². The van der Waals surface area contributed by atoms with Crippen molar-refractivity contribution in [2.75, 3.05) is 11.9 Å². The van der Waals surface area contributed by atoms with Gasteiger partial charge in [-0.05, 0) is 40.2 Å². The molecule has 1 aromatic heterocycles. The Morgan fingerprint density at radius 3 is 2.71 bits per heavy atom. The van der Waals surface area contributed by atoms with E-state index in [0.29, 0.717) is 24.0 Å². The third kappa shape index (κ3) is 2.95. The molecule has 3 rings (SSSR count). The first kappa shape index (κ1) is 13.8. The van der Waals surface area contributed by atoms with E-state index in [0.717, 1.165) is 10.2 Å². The molecule has 0 fully saturated rings. The van der Waals surface area contributed by atoms with Crippen molar-refractivity contribution in [1.29, 1.82) is 0 Å². The fraction of sp³-hybridized carbons (Fsp3) is 0.133. The van der Waals surface area contributed by atoms with Crippen molar-refractivity contribution in [3.63, 3.8) is 0 Å². The lowest BCUT2D eigenvalue weighted by Crippen LogP contribution is -2.27. The van der Waals surface area contributed by atoms with Crippen molar-refractivity contribution >= 4 is 32.5 Å². The maximum atomic E-state index is 12.3. The fourth-order valence-electron chi connectivity index (χ4n) is 2.07. The summed E-state index contributed by atoms with van der Waals surface area (Å²) in [4.78, 5) is 12.3. The molecule has 0 spiro atoms. The number of benzene rings is 2. The number of anilines is 1. The minimum Gasteiger partial charge on any atom is -0.382 e. The monoisotopic (exact) mass is 344 g/mol. The van der Waals surface area contributed by atoms with Crippen LogP contribution in [0.1, 0.15) is 0 Å². The maximum absolute atomic E-state index is 12.3. The number of hydrogen-bond acceptors (Lipinski definition) is 4. The first-order chi connectivity index (χ1) is 10.3. The van der Waals surface area contributed by atoms with Gasteiger partial charge in [0.15, 0.2) is 0 Å². The summed E-state index contributed by atoms with van der Waals surface area (Å²) in [5.41, 5.74) is 1.49. The maximum Gasteiger partial charge on any atom is 0.277 e. The molecule has 3 aromatic rings. The van der Waals surface area contributed by atoms with Crippen LogP contribution < -0.4 is 10.9 Å². The van der Waals surface area contributed by atoms with Crippen LogP contribution in [-0.2, 0) is 6.54 Å². The molecule has 0 saturated heterocycles. The summed E-state index contributed by atoms with van der Waals surface area (Å²) in [6.45, 7) is 1.05. The third-order valence-electron chi connectivity index (χ3n) is 3.14. The Balaban J connectivity index is 1.76. The van der Waals surface area contributed by atoms with Crippen LogP contribution in [0.2, 0.25) is 0 Å². The Bertz CT molecular complexity index is 831. The molecule has 0 aliphatic carbocycles. The van der Waals surface area contributed by atoms with Crippen LogP contribution in [0, 0.1) is 0 Å². The van der Waals surface area contributed by atoms with E-state index < -0.39 is 0 Å². The Morgan fingerprint density at radius 1 is 1.10 bits per heavy atom. The lowest BCUT2D eigenvalue weighted by atomic mass is 10.2. The average molecular weight is 345 g/mol. The minimum atomic E-state index is -0.116. The average Bonchev–Trinajstić information content (AvgIpc) is 2.52. The number of aromatic nitrogens is 3. The number of nitrogens with zero attached hydrogens (tertiary/aromatic N) is 3. The highest BCUT2D eigenvalue weighted by Gasteiger charge is 2.04. The highest BCUT2D eigenvalue weighted by Crippen LogP contribution is 2.20. The highest BCUT2D eigenvalue weighted by atomic mass is 79.9. The van der Waals surface area contributed by atoms with Crippen molar-refractivity contribution in [1.82, 2.24) is 15.0 Å². The van der Waals surface area contributed by atoms with Gasteiger partial charge in [-0.25, -0.2) is 4.68 Å². The SMILES string of the molecule is O=c1c2ccccc2nnn1CCNc1ccccc1Br. The Morgan fingerprint density at radius 2 is 1.86 bits per heavy atom. The van der Waals surface area contributed by atoms with E-state index in [-0.39, 0.29) is 5.56 Å². The molecule has 106 valence electrons. The van der Waals surface area contributed by atoms with Gasteiger partial charge in [-0.1, -0.05) is 29.5 Å². The van der Waals surface area contributed by atoms with E-state index in [4.69, 9.17) is 0 Å². The van der Waals surface area contributed by atoms with Crippen LogP contribution in [0.5, 0.6) is 0 Å². The summed E-state index contributed by atoms with van der Waals surface area (Å²) >= 11 is 3.47. The molecule has 0 aliphatic rings. The summed E-state index contributed by atoms with van der Waals surface area (Å²) in [5.74, 6) is 0. The molecule has 21 heavy (non-hydrogen) atoms. The number of halogens is 1. The Labute approximate surface area is 129 Å². The molecule has 5 nitrogen and oxygen atoms in total. The Hall–Kier alpha value is -2.21. The van der Waals surface area contributed by atoms with Gasteiger partial charge in [0, 0.05) is 16.7 Å².